The topological polar surface area (TPSA) is 75.6 Å². The zero-order valence-corrected chi connectivity index (χ0v) is 10.8. The van der Waals surface area contributed by atoms with E-state index in [0.717, 1.165) is 0 Å². The van der Waals surface area contributed by atoms with E-state index in [2.05, 4.69) is 10.5 Å². The fraction of sp³-hybridized carbons (Fsp3) is 0.333. The summed E-state index contributed by atoms with van der Waals surface area (Å²) in [5.74, 6) is -0.154. The molecule has 18 heavy (non-hydrogen) atoms. The molecule has 0 bridgehead atoms. The van der Waals surface area contributed by atoms with Crippen LogP contribution in [0.25, 0.3) is 0 Å². The Labute approximate surface area is 106 Å². The molecule has 0 radical (unpaired) electrons. The van der Waals surface area contributed by atoms with Gasteiger partial charge in [-0.2, -0.15) is 5.10 Å². The second-order valence-corrected chi connectivity index (χ2v) is 6.09. The van der Waals surface area contributed by atoms with Crippen LogP contribution in [0.15, 0.2) is 34.3 Å². The number of carbonyl (C=O) groups is 1. The van der Waals surface area contributed by atoms with E-state index in [-0.39, 0.29) is 11.7 Å². The lowest BCUT2D eigenvalue weighted by molar-refractivity contribution is -0.120. The molecule has 2 rings (SSSR count). The van der Waals surface area contributed by atoms with Gasteiger partial charge < -0.3 is 0 Å². The number of hydrogen-bond acceptors (Lipinski definition) is 4. The lowest BCUT2D eigenvalue weighted by Crippen LogP contribution is -2.25. The highest BCUT2D eigenvalue weighted by Crippen LogP contribution is 2.24. The lowest BCUT2D eigenvalue weighted by Gasteiger charge is -2.17. The van der Waals surface area contributed by atoms with E-state index in [0.29, 0.717) is 29.0 Å². The normalized spacial score (nSPS) is 19.3. The number of benzene rings is 1. The number of nitrogens with one attached hydrogen (secondary N) is 1. The third kappa shape index (κ3) is 2.43. The van der Waals surface area contributed by atoms with Crippen molar-refractivity contribution in [2.24, 2.45) is 5.10 Å². The van der Waals surface area contributed by atoms with Crippen LogP contribution in [0.5, 0.6) is 0 Å². The van der Waals surface area contributed by atoms with Gasteiger partial charge in [-0.3, -0.25) is 4.79 Å². The molecule has 1 heterocycles. The van der Waals surface area contributed by atoms with Gasteiger partial charge >= 0.3 is 0 Å². The Morgan fingerprint density at radius 1 is 1.39 bits per heavy atom. The molecule has 0 atom stereocenters. The molecule has 0 saturated heterocycles. The van der Waals surface area contributed by atoms with Gasteiger partial charge in [-0.05, 0) is 6.07 Å². The van der Waals surface area contributed by atoms with E-state index in [9.17, 15) is 13.2 Å². The smallest absolute Gasteiger partial charge is 0.239 e. The first-order valence-electron chi connectivity index (χ1n) is 5.72. The highest BCUT2D eigenvalue weighted by Gasteiger charge is 2.27. The van der Waals surface area contributed by atoms with Crippen molar-refractivity contribution < 1.29 is 13.2 Å². The summed E-state index contributed by atoms with van der Waals surface area (Å²) in [5.41, 5.74) is 3.62. The van der Waals surface area contributed by atoms with Crippen LogP contribution in [0.1, 0.15) is 25.3 Å². The molecular weight excluding hydrogens is 252 g/mol. The van der Waals surface area contributed by atoms with Crippen molar-refractivity contribution in [1.29, 1.82) is 0 Å². The summed E-state index contributed by atoms with van der Waals surface area (Å²) in [6, 6.07) is 6.73. The van der Waals surface area contributed by atoms with Crippen molar-refractivity contribution >= 4 is 21.5 Å². The van der Waals surface area contributed by atoms with Gasteiger partial charge in [-0.25, -0.2) is 13.8 Å². The standard InChI is InChI=1S/C12H14N2O3S/c1-2-12(15)14-13-10-7-8-18(16,17)11-6-4-3-5-9(10)11/h3-6H,2,7-8H2,1H3,(H,14,15). The average molecular weight is 266 g/mol. The second kappa shape index (κ2) is 4.89. The second-order valence-electron chi connectivity index (χ2n) is 4.01. The van der Waals surface area contributed by atoms with E-state index in [4.69, 9.17) is 0 Å². The minimum atomic E-state index is -3.21. The number of hydrazone groups is 1. The van der Waals surface area contributed by atoms with Crippen molar-refractivity contribution in [3.63, 3.8) is 0 Å². The SMILES string of the molecule is CCC(=O)NN=C1CCS(=O)(=O)c2ccccc21. The van der Waals surface area contributed by atoms with Crippen LogP contribution in [0.2, 0.25) is 0 Å². The largest absolute Gasteiger partial charge is 0.273 e. The Morgan fingerprint density at radius 2 is 2.11 bits per heavy atom. The molecule has 0 saturated carbocycles. The van der Waals surface area contributed by atoms with Crippen LogP contribution < -0.4 is 5.43 Å². The Bertz CT molecular complexity index is 606. The molecule has 5 nitrogen and oxygen atoms in total. The van der Waals surface area contributed by atoms with Gasteiger partial charge in [0.2, 0.25) is 5.91 Å². The van der Waals surface area contributed by atoms with Crippen LogP contribution in [0.3, 0.4) is 0 Å². The Balaban J connectivity index is 2.40. The van der Waals surface area contributed by atoms with Crippen LogP contribution >= 0.6 is 0 Å². The number of amides is 1. The van der Waals surface area contributed by atoms with Gasteiger partial charge in [0, 0.05) is 18.4 Å². The van der Waals surface area contributed by atoms with Gasteiger partial charge in [0.1, 0.15) is 0 Å². The highest BCUT2D eigenvalue weighted by molar-refractivity contribution is 7.91. The first-order chi connectivity index (χ1) is 8.54. The number of rotatable bonds is 2. The molecule has 0 spiro atoms. The molecular formula is C12H14N2O3S. The number of hydrogen-bond donors (Lipinski definition) is 1. The summed E-state index contributed by atoms with van der Waals surface area (Å²) in [6.07, 6.45) is 0.667. The van der Waals surface area contributed by atoms with Crippen LogP contribution in [-0.2, 0) is 14.6 Å². The third-order valence-corrected chi connectivity index (χ3v) is 4.54. The Kier molecular flexibility index (Phi) is 3.47. The van der Waals surface area contributed by atoms with Crippen molar-refractivity contribution in [2.75, 3.05) is 5.75 Å². The van der Waals surface area contributed by atoms with Crippen molar-refractivity contribution in [3.05, 3.63) is 29.8 Å². The van der Waals surface area contributed by atoms with Crippen LogP contribution in [-0.4, -0.2) is 25.8 Å². The molecule has 1 aliphatic rings. The van der Waals surface area contributed by atoms with Crippen LogP contribution in [0, 0.1) is 0 Å². The predicted molar refractivity (Wildman–Crippen MR) is 68.1 cm³/mol. The maximum absolute atomic E-state index is 11.9. The summed E-state index contributed by atoms with van der Waals surface area (Å²) in [7, 11) is -3.21. The first kappa shape index (κ1) is 12.8. The van der Waals surface area contributed by atoms with Gasteiger partial charge in [0.05, 0.1) is 16.4 Å². The first-order valence-corrected chi connectivity index (χ1v) is 7.37. The minimum absolute atomic E-state index is 0.0326. The monoisotopic (exact) mass is 266 g/mol. The molecule has 0 aliphatic carbocycles. The summed E-state index contributed by atoms with van der Waals surface area (Å²) in [4.78, 5) is 11.4. The number of nitrogens with zero attached hydrogens (tertiary/aromatic N) is 1. The molecule has 1 amide bonds. The van der Waals surface area contributed by atoms with E-state index in [1.54, 1.807) is 31.2 Å². The van der Waals surface area contributed by atoms with E-state index >= 15 is 0 Å². The van der Waals surface area contributed by atoms with Gasteiger partial charge in [0.25, 0.3) is 0 Å². The van der Waals surface area contributed by atoms with Gasteiger partial charge in [-0.15, -0.1) is 0 Å². The molecule has 1 aromatic carbocycles. The number of fused-ring (bicyclic) bond motifs is 1. The highest BCUT2D eigenvalue weighted by atomic mass is 32.2. The molecule has 96 valence electrons. The Hall–Kier alpha value is -1.69. The number of carbonyl (C=O) groups excluding carboxylic acids is 1. The molecule has 0 aromatic heterocycles. The molecule has 1 N–H and O–H groups in total. The predicted octanol–water partition coefficient (Wildman–Crippen LogP) is 1.09. The maximum Gasteiger partial charge on any atom is 0.239 e. The minimum Gasteiger partial charge on any atom is -0.273 e. The van der Waals surface area contributed by atoms with Crippen molar-refractivity contribution in [1.82, 2.24) is 5.43 Å². The Morgan fingerprint density at radius 3 is 2.83 bits per heavy atom. The van der Waals surface area contributed by atoms with E-state index < -0.39 is 9.84 Å². The van der Waals surface area contributed by atoms with Gasteiger partial charge in [-0.1, -0.05) is 25.1 Å². The van der Waals surface area contributed by atoms with Crippen LogP contribution in [0.4, 0.5) is 0 Å². The summed E-state index contributed by atoms with van der Waals surface area (Å²) in [5, 5.41) is 4.01. The molecule has 0 unspecified atom stereocenters. The zero-order valence-electron chi connectivity index (χ0n) is 10.0. The van der Waals surface area contributed by atoms with E-state index in [1.807, 2.05) is 0 Å². The summed E-state index contributed by atoms with van der Waals surface area (Å²) >= 11 is 0. The van der Waals surface area contributed by atoms with Crippen molar-refractivity contribution in [3.8, 4) is 0 Å². The molecule has 0 fully saturated rings. The quantitative estimate of drug-likeness (QED) is 0.814. The number of sulfone groups is 1. The molecule has 1 aliphatic heterocycles. The van der Waals surface area contributed by atoms with Gasteiger partial charge in [0.15, 0.2) is 9.84 Å². The zero-order chi connectivity index (χ0) is 13.2. The molecule has 6 heteroatoms. The van der Waals surface area contributed by atoms with E-state index in [1.165, 1.54) is 0 Å². The summed E-state index contributed by atoms with van der Waals surface area (Å²) in [6.45, 7) is 1.73. The summed E-state index contributed by atoms with van der Waals surface area (Å²) < 4.78 is 23.7. The van der Waals surface area contributed by atoms with Crippen molar-refractivity contribution in [2.45, 2.75) is 24.7 Å². The third-order valence-electron chi connectivity index (χ3n) is 2.78. The average Bonchev–Trinajstić information content (AvgIpc) is 2.38. The molecule has 1 aromatic rings. The fourth-order valence-corrected chi connectivity index (χ4v) is 3.27. The fourth-order valence-electron chi connectivity index (χ4n) is 1.78. The lowest BCUT2D eigenvalue weighted by atomic mass is 10.1. The maximum atomic E-state index is 11.9.